The van der Waals surface area contributed by atoms with E-state index < -0.39 is 0 Å². The van der Waals surface area contributed by atoms with Crippen molar-refractivity contribution in [2.45, 2.75) is 6.54 Å². The first kappa shape index (κ1) is 11.9. The number of hydrogen-bond acceptors (Lipinski definition) is 3. The number of rotatable bonds is 3. The van der Waals surface area contributed by atoms with E-state index in [0.29, 0.717) is 0 Å². The van der Waals surface area contributed by atoms with Gasteiger partial charge in [-0.15, -0.1) is 0 Å². The molecule has 0 aliphatic carbocycles. The summed E-state index contributed by atoms with van der Waals surface area (Å²) in [5, 5.41) is 4.11. The van der Waals surface area contributed by atoms with E-state index in [1.165, 1.54) is 7.11 Å². The van der Waals surface area contributed by atoms with Crippen molar-refractivity contribution < 1.29 is 9.53 Å². The summed E-state index contributed by atoms with van der Waals surface area (Å²) in [6.07, 6.45) is 3.55. The highest BCUT2D eigenvalue weighted by atomic mass is 79.9. The minimum atomic E-state index is -0.311. The largest absolute Gasteiger partial charge is 0.468 e. The van der Waals surface area contributed by atoms with Crippen LogP contribution in [0.5, 0.6) is 0 Å². The normalized spacial score (nSPS) is 10.2. The number of carbonyl (C=O) groups excluding carboxylic acids is 1. The number of carbonyl (C=O) groups is 1. The highest BCUT2D eigenvalue weighted by Gasteiger charge is 2.05. The fourth-order valence-corrected chi connectivity index (χ4v) is 1.86. The van der Waals surface area contributed by atoms with Gasteiger partial charge in [0.05, 0.1) is 13.3 Å². The molecule has 1 aromatic heterocycles. The molecule has 0 fully saturated rings. The zero-order valence-corrected chi connectivity index (χ0v) is 10.8. The van der Waals surface area contributed by atoms with Crippen molar-refractivity contribution in [3.63, 3.8) is 0 Å². The molecule has 5 heteroatoms. The third-order valence-electron chi connectivity index (χ3n) is 2.31. The van der Waals surface area contributed by atoms with Crippen molar-refractivity contribution in [3.8, 4) is 11.1 Å². The summed E-state index contributed by atoms with van der Waals surface area (Å²) in [6, 6.07) is 7.91. The molecule has 0 spiro atoms. The van der Waals surface area contributed by atoms with Crippen LogP contribution in [0.3, 0.4) is 0 Å². The van der Waals surface area contributed by atoms with E-state index in [-0.39, 0.29) is 12.5 Å². The molecule has 17 heavy (non-hydrogen) atoms. The SMILES string of the molecule is COC(=O)Cn1cc(-c2cccc(Br)c2)cn1. The Hall–Kier alpha value is -1.62. The van der Waals surface area contributed by atoms with Crippen LogP contribution in [-0.4, -0.2) is 22.9 Å². The molecule has 2 rings (SSSR count). The maximum absolute atomic E-state index is 11.1. The summed E-state index contributed by atoms with van der Waals surface area (Å²) < 4.78 is 7.15. The minimum Gasteiger partial charge on any atom is -0.468 e. The molecule has 0 N–H and O–H groups in total. The van der Waals surface area contributed by atoms with Gasteiger partial charge in [0, 0.05) is 16.2 Å². The van der Waals surface area contributed by atoms with E-state index in [1.807, 2.05) is 30.5 Å². The molecule has 2 aromatic rings. The van der Waals surface area contributed by atoms with E-state index in [1.54, 1.807) is 10.9 Å². The van der Waals surface area contributed by atoms with Gasteiger partial charge in [-0.1, -0.05) is 28.1 Å². The highest BCUT2D eigenvalue weighted by molar-refractivity contribution is 9.10. The first-order chi connectivity index (χ1) is 8.19. The van der Waals surface area contributed by atoms with E-state index in [4.69, 9.17) is 0 Å². The van der Waals surface area contributed by atoms with Crippen LogP contribution < -0.4 is 0 Å². The van der Waals surface area contributed by atoms with Gasteiger partial charge in [-0.3, -0.25) is 9.48 Å². The Labute approximate surface area is 107 Å². The van der Waals surface area contributed by atoms with Gasteiger partial charge in [-0.25, -0.2) is 0 Å². The predicted octanol–water partition coefficient (Wildman–Crippen LogP) is 2.49. The monoisotopic (exact) mass is 294 g/mol. The molecule has 88 valence electrons. The van der Waals surface area contributed by atoms with Crippen LogP contribution >= 0.6 is 15.9 Å². The zero-order valence-electron chi connectivity index (χ0n) is 9.26. The van der Waals surface area contributed by atoms with Crippen molar-refractivity contribution in [1.82, 2.24) is 9.78 Å². The quantitative estimate of drug-likeness (QED) is 0.817. The van der Waals surface area contributed by atoms with Crippen LogP contribution in [0.4, 0.5) is 0 Å². The van der Waals surface area contributed by atoms with Crippen LogP contribution in [0.2, 0.25) is 0 Å². The van der Waals surface area contributed by atoms with Crippen molar-refractivity contribution in [2.75, 3.05) is 7.11 Å². The Kier molecular flexibility index (Phi) is 3.58. The molecule has 0 atom stereocenters. The number of halogens is 1. The van der Waals surface area contributed by atoms with E-state index in [2.05, 4.69) is 25.8 Å². The summed E-state index contributed by atoms with van der Waals surface area (Å²) in [4.78, 5) is 11.1. The molecule has 1 heterocycles. The summed E-state index contributed by atoms with van der Waals surface area (Å²) >= 11 is 3.42. The average molecular weight is 295 g/mol. The summed E-state index contributed by atoms with van der Waals surface area (Å²) in [5.41, 5.74) is 2.02. The first-order valence-electron chi connectivity index (χ1n) is 5.04. The second-order valence-electron chi connectivity index (χ2n) is 3.51. The number of benzene rings is 1. The van der Waals surface area contributed by atoms with E-state index in [9.17, 15) is 4.79 Å². The molecule has 0 aliphatic heterocycles. The van der Waals surface area contributed by atoms with Gasteiger partial charge < -0.3 is 4.74 Å². The Balaban J connectivity index is 2.21. The molecular weight excluding hydrogens is 284 g/mol. The summed E-state index contributed by atoms with van der Waals surface area (Å²) in [7, 11) is 1.36. The third-order valence-corrected chi connectivity index (χ3v) is 2.80. The lowest BCUT2D eigenvalue weighted by Crippen LogP contribution is -2.11. The van der Waals surface area contributed by atoms with Crippen molar-refractivity contribution in [2.24, 2.45) is 0 Å². The van der Waals surface area contributed by atoms with Crippen molar-refractivity contribution >= 4 is 21.9 Å². The Morgan fingerprint density at radius 1 is 1.47 bits per heavy atom. The highest BCUT2D eigenvalue weighted by Crippen LogP contribution is 2.22. The number of esters is 1. The lowest BCUT2D eigenvalue weighted by Gasteiger charge is -1.99. The lowest BCUT2D eigenvalue weighted by molar-refractivity contribution is -0.141. The molecule has 0 saturated heterocycles. The van der Waals surface area contributed by atoms with Gasteiger partial charge in [0.1, 0.15) is 6.54 Å². The van der Waals surface area contributed by atoms with Gasteiger partial charge in [-0.05, 0) is 17.7 Å². The molecule has 0 aliphatic rings. The number of methoxy groups -OCH3 is 1. The second-order valence-corrected chi connectivity index (χ2v) is 4.43. The van der Waals surface area contributed by atoms with Crippen LogP contribution in [0.25, 0.3) is 11.1 Å². The summed E-state index contributed by atoms with van der Waals surface area (Å²) in [5.74, 6) is -0.311. The zero-order chi connectivity index (χ0) is 12.3. The number of aromatic nitrogens is 2. The molecule has 0 bridgehead atoms. The van der Waals surface area contributed by atoms with Crippen LogP contribution in [0.1, 0.15) is 0 Å². The second kappa shape index (κ2) is 5.14. The van der Waals surface area contributed by atoms with Gasteiger partial charge in [0.2, 0.25) is 0 Å². The minimum absolute atomic E-state index is 0.129. The smallest absolute Gasteiger partial charge is 0.327 e. The Morgan fingerprint density at radius 3 is 3.00 bits per heavy atom. The van der Waals surface area contributed by atoms with Crippen LogP contribution in [-0.2, 0) is 16.1 Å². The third kappa shape index (κ3) is 2.94. The fourth-order valence-electron chi connectivity index (χ4n) is 1.46. The standard InChI is InChI=1S/C12H11BrN2O2/c1-17-12(16)8-15-7-10(6-14-15)9-3-2-4-11(13)5-9/h2-7H,8H2,1H3. The molecule has 0 amide bonds. The number of hydrogen-bond donors (Lipinski definition) is 0. The Morgan fingerprint density at radius 2 is 2.29 bits per heavy atom. The van der Waals surface area contributed by atoms with Crippen molar-refractivity contribution in [3.05, 3.63) is 41.1 Å². The van der Waals surface area contributed by atoms with Crippen LogP contribution in [0, 0.1) is 0 Å². The average Bonchev–Trinajstić information content (AvgIpc) is 2.77. The van der Waals surface area contributed by atoms with Gasteiger partial charge >= 0.3 is 5.97 Å². The Bertz CT molecular complexity index is 537. The first-order valence-corrected chi connectivity index (χ1v) is 5.83. The lowest BCUT2D eigenvalue weighted by atomic mass is 10.1. The van der Waals surface area contributed by atoms with Crippen molar-refractivity contribution in [1.29, 1.82) is 0 Å². The summed E-state index contributed by atoms with van der Waals surface area (Å²) in [6.45, 7) is 0.129. The molecule has 0 saturated carbocycles. The number of nitrogens with zero attached hydrogens (tertiary/aromatic N) is 2. The molecule has 0 unspecified atom stereocenters. The van der Waals surface area contributed by atoms with Gasteiger partial charge in [0.25, 0.3) is 0 Å². The number of ether oxygens (including phenoxy) is 1. The van der Waals surface area contributed by atoms with Crippen LogP contribution in [0.15, 0.2) is 41.1 Å². The molecular formula is C12H11BrN2O2. The van der Waals surface area contributed by atoms with Gasteiger partial charge in [-0.2, -0.15) is 5.10 Å². The maximum Gasteiger partial charge on any atom is 0.327 e. The van der Waals surface area contributed by atoms with E-state index in [0.717, 1.165) is 15.6 Å². The fraction of sp³-hybridized carbons (Fsp3) is 0.167. The maximum atomic E-state index is 11.1. The van der Waals surface area contributed by atoms with Gasteiger partial charge in [0.15, 0.2) is 0 Å². The predicted molar refractivity (Wildman–Crippen MR) is 67.4 cm³/mol. The van der Waals surface area contributed by atoms with E-state index >= 15 is 0 Å². The molecule has 0 radical (unpaired) electrons. The topological polar surface area (TPSA) is 44.1 Å². The molecule has 1 aromatic carbocycles. The molecule has 4 nitrogen and oxygen atoms in total.